The van der Waals surface area contributed by atoms with Gasteiger partial charge in [-0.1, -0.05) is 42.5 Å². The van der Waals surface area contributed by atoms with Gasteiger partial charge in [0, 0.05) is 18.2 Å². The van der Waals surface area contributed by atoms with Crippen LogP contribution in [0.2, 0.25) is 0 Å². The van der Waals surface area contributed by atoms with Gasteiger partial charge >= 0.3 is 0 Å². The predicted molar refractivity (Wildman–Crippen MR) is 104 cm³/mol. The average molecular weight is 344 g/mol. The zero-order chi connectivity index (χ0) is 17.9. The Kier molecular flexibility index (Phi) is 4.32. The molecule has 0 atom stereocenters. The molecular formula is C22H20N2O2. The Morgan fingerprint density at radius 3 is 2.15 bits per heavy atom. The first-order valence-electron chi connectivity index (χ1n) is 8.51. The van der Waals surface area contributed by atoms with Gasteiger partial charge in [0.1, 0.15) is 17.3 Å². The van der Waals surface area contributed by atoms with Crippen molar-refractivity contribution in [3.8, 4) is 22.9 Å². The Labute approximate surface area is 152 Å². The summed E-state index contributed by atoms with van der Waals surface area (Å²) in [5, 5.41) is 0. The minimum absolute atomic E-state index is 0.746. The maximum Gasteiger partial charge on any atom is 0.141 e. The molecule has 26 heavy (non-hydrogen) atoms. The molecule has 0 fully saturated rings. The smallest absolute Gasteiger partial charge is 0.141 e. The zero-order valence-electron chi connectivity index (χ0n) is 14.8. The number of hydrogen-bond acceptors (Lipinski definition) is 3. The molecular weight excluding hydrogens is 324 g/mol. The molecule has 0 bridgehead atoms. The van der Waals surface area contributed by atoms with Gasteiger partial charge in [-0.05, 0) is 29.8 Å². The number of aromatic nitrogens is 2. The lowest BCUT2D eigenvalue weighted by Crippen LogP contribution is -2.02. The Morgan fingerprint density at radius 2 is 1.46 bits per heavy atom. The number of imidazole rings is 1. The SMILES string of the molecule is COc1cc(OC)cc(-c2nc3ccccc3n2Cc2ccccc2)c1. The van der Waals surface area contributed by atoms with E-state index in [1.54, 1.807) is 14.2 Å². The molecule has 0 N–H and O–H groups in total. The normalized spacial score (nSPS) is 10.8. The number of hydrogen-bond donors (Lipinski definition) is 0. The quantitative estimate of drug-likeness (QED) is 0.523. The zero-order valence-corrected chi connectivity index (χ0v) is 14.8. The summed E-state index contributed by atoms with van der Waals surface area (Å²) in [5.74, 6) is 2.39. The number of ether oxygens (including phenoxy) is 2. The van der Waals surface area contributed by atoms with Crippen molar-refractivity contribution in [1.29, 1.82) is 0 Å². The third-order valence-electron chi connectivity index (χ3n) is 4.45. The standard InChI is InChI=1S/C22H20N2O2/c1-25-18-12-17(13-19(14-18)26-2)22-23-20-10-6-7-11-21(20)24(22)15-16-8-4-3-5-9-16/h3-14H,15H2,1-2H3. The van der Waals surface area contributed by atoms with Gasteiger partial charge in [-0.15, -0.1) is 0 Å². The fourth-order valence-corrected chi connectivity index (χ4v) is 3.16. The molecule has 0 amide bonds. The second kappa shape index (κ2) is 6.92. The molecule has 0 spiro atoms. The van der Waals surface area contributed by atoms with Crippen LogP contribution in [0.1, 0.15) is 5.56 Å². The van der Waals surface area contributed by atoms with Crippen molar-refractivity contribution in [1.82, 2.24) is 9.55 Å². The van der Waals surface area contributed by atoms with Gasteiger partial charge in [-0.2, -0.15) is 0 Å². The molecule has 4 rings (SSSR count). The first kappa shape index (κ1) is 16.2. The van der Waals surface area contributed by atoms with Crippen molar-refractivity contribution in [3.05, 3.63) is 78.4 Å². The molecule has 1 aromatic heterocycles. The average Bonchev–Trinajstić information content (AvgIpc) is 3.07. The fraction of sp³-hybridized carbons (Fsp3) is 0.136. The van der Waals surface area contributed by atoms with Gasteiger partial charge in [0.15, 0.2) is 0 Å². The largest absolute Gasteiger partial charge is 0.497 e. The first-order valence-corrected chi connectivity index (χ1v) is 8.51. The Hall–Kier alpha value is -3.27. The van der Waals surface area contributed by atoms with Crippen molar-refractivity contribution >= 4 is 11.0 Å². The summed E-state index contributed by atoms with van der Waals surface area (Å²) in [6, 6.07) is 24.5. The van der Waals surface area contributed by atoms with E-state index in [1.165, 1.54) is 5.56 Å². The highest BCUT2D eigenvalue weighted by Crippen LogP contribution is 2.32. The van der Waals surface area contributed by atoms with Gasteiger partial charge < -0.3 is 14.0 Å². The summed E-state index contributed by atoms with van der Waals surface area (Å²) in [6.07, 6.45) is 0. The van der Waals surface area contributed by atoms with Crippen LogP contribution in [-0.2, 0) is 6.54 Å². The second-order valence-electron chi connectivity index (χ2n) is 6.10. The maximum absolute atomic E-state index is 5.43. The van der Waals surface area contributed by atoms with Crippen LogP contribution in [0.3, 0.4) is 0 Å². The van der Waals surface area contributed by atoms with E-state index in [0.29, 0.717) is 0 Å². The van der Waals surface area contributed by atoms with Crippen molar-refractivity contribution in [2.75, 3.05) is 14.2 Å². The van der Waals surface area contributed by atoms with Crippen molar-refractivity contribution in [2.24, 2.45) is 0 Å². The Bertz CT molecular complexity index is 1020. The number of rotatable bonds is 5. The molecule has 0 aliphatic rings. The van der Waals surface area contributed by atoms with Gasteiger partial charge in [0.05, 0.1) is 25.3 Å². The van der Waals surface area contributed by atoms with Crippen LogP contribution in [0.15, 0.2) is 72.8 Å². The lowest BCUT2D eigenvalue weighted by Gasteiger charge is -2.12. The van der Waals surface area contributed by atoms with E-state index in [9.17, 15) is 0 Å². The molecule has 0 saturated heterocycles. The number of benzene rings is 3. The van der Waals surface area contributed by atoms with Crippen molar-refractivity contribution in [2.45, 2.75) is 6.54 Å². The van der Waals surface area contributed by atoms with Crippen LogP contribution in [-0.4, -0.2) is 23.8 Å². The van der Waals surface area contributed by atoms with Crippen LogP contribution in [0.25, 0.3) is 22.4 Å². The number of para-hydroxylation sites is 2. The molecule has 4 heteroatoms. The summed E-state index contributed by atoms with van der Waals surface area (Å²) in [4.78, 5) is 4.88. The number of methoxy groups -OCH3 is 2. The highest BCUT2D eigenvalue weighted by molar-refractivity contribution is 5.81. The molecule has 3 aromatic carbocycles. The van der Waals surface area contributed by atoms with Crippen LogP contribution in [0.5, 0.6) is 11.5 Å². The third kappa shape index (κ3) is 3.02. The molecule has 130 valence electrons. The van der Waals surface area contributed by atoms with E-state index in [-0.39, 0.29) is 0 Å². The van der Waals surface area contributed by atoms with Gasteiger partial charge in [-0.3, -0.25) is 0 Å². The fourth-order valence-electron chi connectivity index (χ4n) is 3.16. The predicted octanol–water partition coefficient (Wildman–Crippen LogP) is 4.77. The molecule has 0 aliphatic carbocycles. The third-order valence-corrected chi connectivity index (χ3v) is 4.45. The molecule has 0 radical (unpaired) electrons. The first-order chi connectivity index (χ1) is 12.8. The summed E-state index contributed by atoms with van der Waals surface area (Å²) in [5.41, 5.74) is 4.27. The van der Waals surface area contributed by atoms with Crippen molar-refractivity contribution < 1.29 is 9.47 Å². The monoisotopic (exact) mass is 344 g/mol. The minimum atomic E-state index is 0.746. The highest BCUT2D eigenvalue weighted by atomic mass is 16.5. The topological polar surface area (TPSA) is 36.3 Å². The number of fused-ring (bicyclic) bond motifs is 1. The number of nitrogens with zero attached hydrogens (tertiary/aromatic N) is 2. The van der Waals surface area contributed by atoms with E-state index in [4.69, 9.17) is 14.5 Å². The Morgan fingerprint density at radius 1 is 0.808 bits per heavy atom. The second-order valence-corrected chi connectivity index (χ2v) is 6.10. The van der Waals surface area contributed by atoms with E-state index in [1.807, 2.05) is 42.5 Å². The maximum atomic E-state index is 5.43. The van der Waals surface area contributed by atoms with Gasteiger partial charge in [-0.25, -0.2) is 4.98 Å². The molecule has 1 heterocycles. The van der Waals surface area contributed by atoms with Crippen LogP contribution in [0.4, 0.5) is 0 Å². The molecule has 4 nitrogen and oxygen atoms in total. The van der Waals surface area contributed by atoms with Crippen molar-refractivity contribution in [3.63, 3.8) is 0 Å². The molecule has 4 aromatic rings. The van der Waals surface area contributed by atoms with Crippen LogP contribution >= 0.6 is 0 Å². The minimum Gasteiger partial charge on any atom is -0.497 e. The van der Waals surface area contributed by atoms with Crippen LogP contribution < -0.4 is 9.47 Å². The summed E-state index contributed by atoms with van der Waals surface area (Å²) in [7, 11) is 3.32. The summed E-state index contributed by atoms with van der Waals surface area (Å²) >= 11 is 0. The van der Waals surface area contributed by atoms with Gasteiger partial charge in [0.2, 0.25) is 0 Å². The highest BCUT2D eigenvalue weighted by Gasteiger charge is 2.15. The lowest BCUT2D eigenvalue weighted by atomic mass is 10.1. The molecule has 0 aliphatic heterocycles. The van der Waals surface area contributed by atoms with Crippen LogP contribution in [0, 0.1) is 0 Å². The Balaban J connectivity index is 1.91. The van der Waals surface area contributed by atoms with Gasteiger partial charge in [0.25, 0.3) is 0 Å². The van der Waals surface area contributed by atoms with E-state index >= 15 is 0 Å². The van der Waals surface area contributed by atoms with E-state index < -0.39 is 0 Å². The summed E-state index contributed by atoms with van der Waals surface area (Å²) in [6.45, 7) is 0.746. The lowest BCUT2D eigenvalue weighted by molar-refractivity contribution is 0.394. The molecule has 0 saturated carbocycles. The van der Waals surface area contributed by atoms with E-state index in [0.717, 1.165) is 40.5 Å². The molecule has 0 unspecified atom stereocenters. The van der Waals surface area contributed by atoms with E-state index in [2.05, 4.69) is 34.9 Å². The summed E-state index contributed by atoms with van der Waals surface area (Å²) < 4.78 is 13.1.